The van der Waals surface area contributed by atoms with Gasteiger partial charge in [-0.1, -0.05) is 25.5 Å². The van der Waals surface area contributed by atoms with Gasteiger partial charge in [-0.25, -0.2) is 9.59 Å². The van der Waals surface area contributed by atoms with Crippen LogP contribution in [0.3, 0.4) is 0 Å². The summed E-state index contributed by atoms with van der Waals surface area (Å²) in [4.78, 5) is 50.1. The Hall–Kier alpha value is -2.78. The maximum absolute atomic E-state index is 13.4. The zero-order chi connectivity index (χ0) is 27.5. The molecule has 3 saturated carbocycles. The SMILES string of the molecule is COC(=O)O[C@H]1CC[C@@]2(C)C(=C[C@@H](C(=O)OC)C3C2[C@H](OC(=O)OC)C[C@@]2(C)C3CC[C@@]23CCC(=O)O3)C1. The second-order valence-electron chi connectivity index (χ2n) is 12.0. The van der Waals surface area contributed by atoms with E-state index in [2.05, 4.69) is 13.8 Å². The number of methoxy groups -OCH3 is 3. The lowest BCUT2D eigenvalue weighted by molar-refractivity contribution is -0.195. The summed E-state index contributed by atoms with van der Waals surface area (Å²) in [5, 5.41) is 0. The number of rotatable bonds is 3. The van der Waals surface area contributed by atoms with Crippen molar-refractivity contribution in [1.29, 1.82) is 0 Å². The predicted molar refractivity (Wildman–Crippen MR) is 131 cm³/mol. The lowest BCUT2D eigenvalue weighted by Gasteiger charge is -2.62. The summed E-state index contributed by atoms with van der Waals surface area (Å²) < 4.78 is 32.5. The van der Waals surface area contributed by atoms with Crippen LogP contribution in [0, 0.1) is 34.5 Å². The Labute approximate surface area is 222 Å². The Morgan fingerprint density at radius 2 is 1.66 bits per heavy atom. The van der Waals surface area contributed by atoms with Crippen LogP contribution in [-0.4, -0.2) is 63.4 Å². The first kappa shape index (κ1) is 26.8. The van der Waals surface area contributed by atoms with Crippen molar-refractivity contribution in [2.24, 2.45) is 34.5 Å². The zero-order valence-corrected chi connectivity index (χ0v) is 22.8. The fraction of sp³-hybridized carbons (Fsp3) is 0.786. The third-order valence-electron chi connectivity index (χ3n) is 10.7. The van der Waals surface area contributed by atoms with Crippen LogP contribution in [0.5, 0.6) is 0 Å². The monoisotopic (exact) mass is 534 g/mol. The topological polar surface area (TPSA) is 124 Å². The molecule has 5 rings (SSSR count). The molecule has 210 valence electrons. The van der Waals surface area contributed by atoms with E-state index in [1.54, 1.807) is 0 Å². The number of esters is 2. The van der Waals surface area contributed by atoms with E-state index in [0.29, 0.717) is 44.9 Å². The molecule has 3 unspecified atom stereocenters. The van der Waals surface area contributed by atoms with Crippen molar-refractivity contribution in [2.75, 3.05) is 21.3 Å². The fourth-order valence-electron chi connectivity index (χ4n) is 8.94. The van der Waals surface area contributed by atoms with E-state index in [9.17, 15) is 19.2 Å². The number of carbonyl (C=O) groups is 4. The van der Waals surface area contributed by atoms with Crippen molar-refractivity contribution in [3.8, 4) is 0 Å². The van der Waals surface area contributed by atoms with Crippen molar-refractivity contribution >= 4 is 24.2 Å². The molecule has 4 aliphatic carbocycles. The molecular formula is C28H38O10. The van der Waals surface area contributed by atoms with Gasteiger partial charge in [-0.3, -0.25) is 9.59 Å². The first-order valence-electron chi connectivity index (χ1n) is 13.5. The van der Waals surface area contributed by atoms with Gasteiger partial charge in [0, 0.05) is 24.2 Å². The quantitative estimate of drug-likeness (QED) is 0.293. The highest BCUT2D eigenvalue weighted by molar-refractivity contribution is 5.76. The van der Waals surface area contributed by atoms with Gasteiger partial charge in [-0.2, -0.15) is 0 Å². The van der Waals surface area contributed by atoms with Gasteiger partial charge >= 0.3 is 24.2 Å². The molecule has 9 atom stereocenters. The molecule has 5 aliphatic rings. The zero-order valence-electron chi connectivity index (χ0n) is 22.8. The minimum absolute atomic E-state index is 0.0543. The molecule has 10 heteroatoms. The van der Waals surface area contributed by atoms with Gasteiger partial charge in [0.2, 0.25) is 0 Å². The Morgan fingerprint density at radius 3 is 2.29 bits per heavy atom. The molecule has 4 fully saturated rings. The van der Waals surface area contributed by atoms with Crippen molar-refractivity contribution in [3.05, 3.63) is 11.6 Å². The van der Waals surface area contributed by atoms with E-state index >= 15 is 0 Å². The average molecular weight is 535 g/mol. The molecule has 0 N–H and O–H groups in total. The van der Waals surface area contributed by atoms with Crippen molar-refractivity contribution in [3.63, 3.8) is 0 Å². The van der Waals surface area contributed by atoms with E-state index in [-0.39, 0.29) is 35.8 Å². The highest BCUT2D eigenvalue weighted by Crippen LogP contribution is 2.70. The molecular weight excluding hydrogens is 496 g/mol. The second kappa shape index (κ2) is 9.45. The van der Waals surface area contributed by atoms with Crippen LogP contribution >= 0.6 is 0 Å². The summed E-state index contributed by atoms with van der Waals surface area (Å²) in [5.41, 5.74) is -0.545. The fourth-order valence-corrected chi connectivity index (χ4v) is 8.94. The first-order valence-corrected chi connectivity index (χ1v) is 13.5. The summed E-state index contributed by atoms with van der Waals surface area (Å²) >= 11 is 0. The van der Waals surface area contributed by atoms with Gasteiger partial charge in [-0.05, 0) is 55.8 Å². The summed E-state index contributed by atoms with van der Waals surface area (Å²) in [6.45, 7) is 4.29. The number of hydrogen-bond acceptors (Lipinski definition) is 10. The van der Waals surface area contributed by atoms with Gasteiger partial charge in [0.25, 0.3) is 0 Å². The summed E-state index contributed by atoms with van der Waals surface area (Å²) in [7, 11) is 3.94. The van der Waals surface area contributed by atoms with Crippen LogP contribution in [0.4, 0.5) is 9.59 Å². The van der Waals surface area contributed by atoms with E-state index in [4.69, 9.17) is 28.4 Å². The molecule has 1 aliphatic heterocycles. The van der Waals surface area contributed by atoms with Crippen LogP contribution in [-0.2, 0) is 38.0 Å². The summed E-state index contributed by atoms with van der Waals surface area (Å²) in [5.74, 6) is -1.47. The maximum atomic E-state index is 13.4. The van der Waals surface area contributed by atoms with E-state index in [0.717, 1.165) is 12.0 Å². The average Bonchev–Trinajstić information content (AvgIpc) is 3.42. The number of ether oxygens (including phenoxy) is 6. The molecule has 0 aromatic heterocycles. The van der Waals surface area contributed by atoms with Crippen LogP contribution < -0.4 is 0 Å². The van der Waals surface area contributed by atoms with E-state index in [1.807, 2.05) is 6.08 Å². The van der Waals surface area contributed by atoms with Gasteiger partial charge < -0.3 is 28.4 Å². The first-order chi connectivity index (χ1) is 18.0. The third kappa shape index (κ3) is 3.88. The Morgan fingerprint density at radius 1 is 0.947 bits per heavy atom. The van der Waals surface area contributed by atoms with Crippen LogP contribution in [0.1, 0.15) is 65.2 Å². The largest absolute Gasteiger partial charge is 0.508 e. The summed E-state index contributed by atoms with van der Waals surface area (Å²) in [6.07, 6.45) is 4.30. The molecule has 0 bridgehead atoms. The molecule has 1 spiro atoms. The lowest BCUT2D eigenvalue weighted by atomic mass is 9.44. The van der Waals surface area contributed by atoms with Crippen LogP contribution in [0.2, 0.25) is 0 Å². The molecule has 0 aromatic rings. The highest BCUT2D eigenvalue weighted by Gasteiger charge is 2.71. The highest BCUT2D eigenvalue weighted by atomic mass is 16.7. The van der Waals surface area contributed by atoms with Gasteiger partial charge in [0.05, 0.1) is 27.2 Å². The maximum Gasteiger partial charge on any atom is 0.508 e. The minimum Gasteiger partial charge on any atom is -0.469 e. The number of fused-ring (bicyclic) bond motifs is 6. The predicted octanol–water partition coefficient (Wildman–Crippen LogP) is 4.34. The Bertz CT molecular complexity index is 1050. The van der Waals surface area contributed by atoms with E-state index in [1.165, 1.54) is 21.3 Å². The number of hydrogen-bond donors (Lipinski definition) is 0. The second-order valence-corrected chi connectivity index (χ2v) is 12.0. The van der Waals surface area contributed by atoms with Gasteiger partial charge in [-0.15, -0.1) is 0 Å². The normalized spacial score (nSPS) is 43.1. The molecule has 0 radical (unpaired) electrons. The van der Waals surface area contributed by atoms with Crippen molar-refractivity contribution in [2.45, 2.75) is 83.0 Å². The summed E-state index contributed by atoms with van der Waals surface area (Å²) in [6, 6.07) is 0. The van der Waals surface area contributed by atoms with Gasteiger partial charge in [0.1, 0.15) is 17.8 Å². The molecule has 38 heavy (non-hydrogen) atoms. The molecule has 0 amide bonds. The molecule has 1 saturated heterocycles. The van der Waals surface area contributed by atoms with Crippen LogP contribution in [0.25, 0.3) is 0 Å². The van der Waals surface area contributed by atoms with E-state index < -0.39 is 40.8 Å². The number of carbonyl (C=O) groups excluding carboxylic acids is 4. The lowest BCUT2D eigenvalue weighted by Crippen LogP contribution is -2.62. The van der Waals surface area contributed by atoms with Crippen molar-refractivity contribution < 1.29 is 47.6 Å². The minimum atomic E-state index is -0.775. The molecule has 0 aromatic carbocycles. The molecule has 1 heterocycles. The van der Waals surface area contributed by atoms with Gasteiger partial charge in [0.15, 0.2) is 0 Å². The standard InChI is InChI=1S/C28H38O10/c1-26-9-6-16(36-24(31)34-4)12-15(26)13-17(23(30)33-3)21-18-7-10-28(11-8-20(29)38-28)27(18,2)14-19(22(21)26)37-25(32)35-5/h13,16-19,21-22H,6-12,14H2,1-5H3/t16-,17+,18?,19+,21?,22?,26-,27-,28+/m0/s1. The molecule has 10 nitrogen and oxygen atoms in total. The van der Waals surface area contributed by atoms with Crippen LogP contribution in [0.15, 0.2) is 11.6 Å². The third-order valence-corrected chi connectivity index (χ3v) is 10.7. The Balaban J connectivity index is 1.61. The smallest absolute Gasteiger partial charge is 0.469 e. The Kier molecular flexibility index (Phi) is 6.67. The van der Waals surface area contributed by atoms with Crippen molar-refractivity contribution in [1.82, 2.24) is 0 Å².